The standard InChI is InChI=1S/C27H39NSi2/c1-26(2,3)28-30(22-16-11-9-12-17-22,23-18-13-10-14-19-23)25-21-15-20-24(25)29(7,8)27(4,5)6/h9-20,28H,21H2,1-8H3. The molecule has 0 atom stereocenters. The van der Waals surface area contributed by atoms with Crippen molar-refractivity contribution in [1.82, 2.24) is 4.98 Å². The first-order valence-corrected chi connectivity index (χ1v) is 16.2. The highest BCUT2D eigenvalue weighted by Crippen LogP contribution is 2.45. The zero-order chi connectivity index (χ0) is 22.2. The first-order chi connectivity index (χ1) is 13.9. The van der Waals surface area contributed by atoms with Gasteiger partial charge in [-0.3, -0.25) is 0 Å². The Labute approximate surface area is 186 Å². The number of benzene rings is 2. The maximum absolute atomic E-state index is 4.26. The van der Waals surface area contributed by atoms with Crippen LogP contribution in [-0.2, 0) is 0 Å². The van der Waals surface area contributed by atoms with Crippen molar-refractivity contribution in [1.29, 1.82) is 0 Å². The minimum atomic E-state index is -2.40. The Morgan fingerprint density at radius 1 is 0.733 bits per heavy atom. The molecule has 0 radical (unpaired) electrons. The molecule has 0 fully saturated rings. The van der Waals surface area contributed by atoms with Crippen LogP contribution in [0.4, 0.5) is 0 Å². The van der Waals surface area contributed by atoms with Gasteiger partial charge in [0.15, 0.2) is 0 Å². The fraction of sp³-hybridized carbons (Fsp3) is 0.407. The first-order valence-electron chi connectivity index (χ1n) is 11.2. The summed E-state index contributed by atoms with van der Waals surface area (Å²) in [6, 6.07) is 22.5. The third kappa shape index (κ3) is 4.21. The second-order valence-corrected chi connectivity index (χ2v) is 20.0. The Kier molecular flexibility index (Phi) is 6.21. The van der Waals surface area contributed by atoms with E-state index >= 15 is 0 Å². The molecule has 0 aromatic heterocycles. The van der Waals surface area contributed by atoms with Crippen molar-refractivity contribution < 1.29 is 0 Å². The van der Waals surface area contributed by atoms with Gasteiger partial charge in [0.25, 0.3) is 0 Å². The quantitative estimate of drug-likeness (QED) is 0.572. The van der Waals surface area contributed by atoms with Gasteiger partial charge in [-0.1, -0.05) is 117 Å². The van der Waals surface area contributed by atoms with Gasteiger partial charge in [0.05, 0.1) is 8.07 Å². The molecule has 2 aromatic carbocycles. The van der Waals surface area contributed by atoms with Crippen molar-refractivity contribution >= 4 is 26.7 Å². The van der Waals surface area contributed by atoms with Crippen LogP contribution in [0.5, 0.6) is 0 Å². The van der Waals surface area contributed by atoms with Crippen molar-refractivity contribution in [2.45, 2.75) is 71.6 Å². The molecule has 0 heterocycles. The Morgan fingerprint density at radius 2 is 1.20 bits per heavy atom. The summed E-state index contributed by atoms with van der Waals surface area (Å²) in [4.78, 5) is 4.26. The molecule has 3 heteroatoms. The highest BCUT2D eigenvalue weighted by Gasteiger charge is 2.49. The third-order valence-electron chi connectivity index (χ3n) is 6.91. The molecule has 1 aliphatic carbocycles. The van der Waals surface area contributed by atoms with Gasteiger partial charge >= 0.3 is 0 Å². The van der Waals surface area contributed by atoms with Gasteiger partial charge in [-0.2, -0.15) is 0 Å². The monoisotopic (exact) mass is 433 g/mol. The minimum Gasteiger partial charge on any atom is -0.322 e. The average molecular weight is 434 g/mol. The number of hydrogen-bond donors (Lipinski definition) is 1. The molecule has 0 bridgehead atoms. The van der Waals surface area contributed by atoms with E-state index in [0.717, 1.165) is 6.42 Å². The van der Waals surface area contributed by atoms with Gasteiger partial charge in [0, 0.05) is 5.54 Å². The number of rotatable bonds is 5. The maximum Gasteiger partial charge on any atom is 0.218 e. The topological polar surface area (TPSA) is 12.0 Å². The van der Waals surface area contributed by atoms with Crippen molar-refractivity contribution in [2.75, 3.05) is 0 Å². The summed E-state index contributed by atoms with van der Waals surface area (Å²) in [5.74, 6) is 0. The summed E-state index contributed by atoms with van der Waals surface area (Å²) in [6.45, 7) is 19.4. The zero-order valence-electron chi connectivity index (χ0n) is 20.1. The molecule has 0 saturated heterocycles. The average Bonchev–Trinajstić information content (AvgIpc) is 3.17. The van der Waals surface area contributed by atoms with Crippen LogP contribution in [0, 0.1) is 0 Å². The largest absolute Gasteiger partial charge is 0.322 e. The number of allylic oxidation sites excluding steroid dienone is 4. The van der Waals surface area contributed by atoms with Crippen LogP contribution in [0.2, 0.25) is 18.1 Å². The van der Waals surface area contributed by atoms with Gasteiger partial charge in [-0.15, -0.1) is 0 Å². The van der Waals surface area contributed by atoms with Crippen molar-refractivity contribution in [3.8, 4) is 0 Å². The van der Waals surface area contributed by atoms with Crippen LogP contribution >= 0.6 is 0 Å². The van der Waals surface area contributed by atoms with Gasteiger partial charge in [0.2, 0.25) is 8.24 Å². The van der Waals surface area contributed by atoms with Crippen molar-refractivity contribution in [2.24, 2.45) is 0 Å². The van der Waals surface area contributed by atoms with Gasteiger partial charge in [-0.05, 0) is 42.6 Å². The van der Waals surface area contributed by atoms with Crippen molar-refractivity contribution in [3.05, 3.63) is 83.2 Å². The second-order valence-electron chi connectivity index (χ2n) is 11.2. The molecular weight excluding hydrogens is 394 g/mol. The van der Waals surface area contributed by atoms with E-state index in [2.05, 4.69) is 132 Å². The van der Waals surface area contributed by atoms with E-state index in [9.17, 15) is 0 Å². The van der Waals surface area contributed by atoms with Crippen LogP contribution in [0.1, 0.15) is 48.0 Å². The van der Waals surface area contributed by atoms with E-state index in [0.29, 0.717) is 5.04 Å². The fourth-order valence-corrected chi connectivity index (χ4v) is 13.1. The highest BCUT2D eigenvalue weighted by atomic mass is 28.3. The Balaban J connectivity index is 2.41. The Morgan fingerprint density at radius 3 is 1.60 bits per heavy atom. The molecule has 3 rings (SSSR count). The first kappa shape index (κ1) is 23.0. The number of nitrogens with one attached hydrogen (secondary N) is 1. The molecule has 2 aromatic rings. The molecule has 1 nitrogen and oxygen atoms in total. The van der Waals surface area contributed by atoms with E-state index in [4.69, 9.17) is 0 Å². The maximum atomic E-state index is 4.26. The second kappa shape index (κ2) is 8.10. The lowest BCUT2D eigenvalue weighted by Gasteiger charge is -2.45. The minimum absolute atomic E-state index is 0.00599. The summed E-state index contributed by atoms with van der Waals surface area (Å²) in [6.07, 6.45) is 5.95. The fourth-order valence-electron chi connectivity index (χ4n) is 4.52. The molecule has 160 valence electrons. The summed E-state index contributed by atoms with van der Waals surface area (Å²) >= 11 is 0. The van der Waals surface area contributed by atoms with Crippen LogP contribution in [0.25, 0.3) is 0 Å². The molecule has 0 unspecified atom stereocenters. The Hall–Kier alpha value is -1.69. The normalized spacial score (nSPS) is 15.7. The summed E-state index contributed by atoms with van der Waals surface area (Å²) < 4.78 is 0. The lowest BCUT2D eigenvalue weighted by molar-refractivity contribution is 0.517. The predicted octanol–water partition coefficient (Wildman–Crippen LogP) is 5.98. The molecule has 0 spiro atoms. The predicted molar refractivity (Wildman–Crippen MR) is 139 cm³/mol. The molecule has 1 aliphatic rings. The molecule has 30 heavy (non-hydrogen) atoms. The smallest absolute Gasteiger partial charge is 0.218 e. The summed E-state index contributed by atoms with van der Waals surface area (Å²) in [5.41, 5.74) is 0.00599. The molecule has 0 aliphatic heterocycles. The van der Waals surface area contributed by atoms with E-state index < -0.39 is 16.3 Å². The lowest BCUT2D eigenvalue weighted by Crippen LogP contribution is -2.74. The van der Waals surface area contributed by atoms with Crippen molar-refractivity contribution in [3.63, 3.8) is 0 Å². The molecule has 0 amide bonds. The summed E-state index contributed by atoms with van der Waals surface area (Å²) in [7, 11) is -4.10. The zero-order valence-corrected chi connectivity index (χ0v) is 22.1. The molecule has 1 N–H and O–H groups in total. The SMILES string of the molecule is CC(C)(C)N[Si](C1=C([Si](C)(C)C(C)(C)C)C=CC1)(c1ccccc1)c1ccccc1. The van der Waals surface area contributed by atoms with Gasteiger partial charge in [-0.25, -0.2) is 0 Å². The van der Waals surface area contributed by atoms with Crippen LogP contribution in [0.15, 0.2) is 83.2 Å². The highest BCUT2D eigenvalue weighted by molar-refractivity contribution is 7.07. The summed E-state index contributed by atoms with van der Waals surface area (Å²) in [5, 5.41) is 6.55. The Bertz CT molecular complexity index is 887. The van der Waals surface area contributed by atoms with E-state index in [1.807, 2.05) is 0 Å². The van der Waals surface area contributed by atoms with E-state index in [1.165, 1.54) is 10.4 Å². The lowest BCUT2D eigenvalue weighted by atomic mass is 10.1. The van der Waals surface area contributed by atoms with Gasteiger partial charge < -0.3 is 4.98 Å². The molecular formula is C27H39NSi2. The molecule has 0 saturated carbocycles. The van der Waals surface area contributed by atoms with E-state index in [-0.39, 0.29) is 5.54 Å². The van der Waals surface area contributed by atoms with E-state index in [1.54, 1.807) is 10.4 Å². The van der Waals surface area contributed by atoms with Gasteiger partial charge in [0.1, 0.15) is 0 Å². The van der Waals surface area contributed by atoms with Crippen LogP contribution in [-0.4, -0.2) is 21.8 Å². The van der Waals surface area contributed by atoms with Crippen LogP contribution < -0.4 is 15.4 Å². The number of hydrogen-bond acceptors (Lipinski definition) is 1. The third-order valence-corrected chi connectivity index (χ3v) is 17.6. The van der Waals surface area contributed by atoms with Crippen LogP contribution in [0.3, 0.4) is 0 Å².